The molecule has 4 nitrogen and oxygen atoms in total. The van der Waals surface area contributed by atoms with Crippen molar-refractivity contribution in [2.45, 2.75) is 13.3 Å². The highest BCUT2D eigenvalue weighted by atomic mass is 79.9. The maximum atomic E-state index is 13.5. The van der Waals surface area contributed by atoms with Crippen LogP contribution in [0.2, 0.25) is 0 Å². The number of anilines is 1. The molecule has 1 aromatic heterocycles. The number of nitrogens with two attached hydrogens (primary N) is 1. The normalized spacial score (nSPS) is 10.4. The van der Waals surface area contributed by atoms with Crippen LogP contribution in [0.1, 0.15) is 17.1 Å². The van der Waals surface area contributed by atoms with Gasteiger partial charge < -0.3 is 5.43 Å². The van der Waals surface area contributed by atoms with Crippen LogP contribution in [0.3, 0.4) is 0 Å². The van der Waals surface area contributed by atoms with E-state index in [1.165, 1.54) is 0 Å². The fourth-order valence-electron chi connectivity index (χ4n) is 1.62. The van der Waals surface area contributed by atoms with Gasteiger partial charge in [-0.05, 0) is 24.6 Å². The highest BCUT2D eigenvalue weighted by Gasteiger charge is 2.10. The van der Waals surface area contributed by atoms with E-state index in [2.05, 4.69) is 31.3 Å². The third-order valence-corrected chi connectivity index (χ3v) is 2.94. The third kappa shape index (κ3) is 2.83. The second kappa shape index (κ2) is 5.41. The Balaban J connectivity index is 2.32. The van der Waals surface area contributed by atoms with E-state index < -0.39 is 5.82 Å². The molecular formula is C12H12BrFN4. The zero-order chi connectivity index (χ0) is 13.1. The fourth-order valence-corrected chi connectivity index (χ4v) is 2.07. The molecule has 0 atom stereocenters. The molecule has 0 bridgehead atoms. The average molecular weight is 311 g/mol. The van der Waals surface area contributed by atoms with E-state index in [1.807, 2.05) is 24.3 Å². The molecule has 6 heteroatoms. The summed E-state index contributed by atoms with van der Waals surface area (Å²) in [6, 6.07) is 7.80. The number of aromatic nitrogens is 2. The second-order valence-electron chi connectivity index (χ2n) is 3.84. The Hall–Kier alpha value is -1.53. The third-order valence-electron chi connectivity index (χ3n) is 2.45. The van der Waals surface area contributed by atoms with Crippen LogP contribution in [0.5, 0.6) is 0 Å². The number of hydrazine groups is 1. The van der Waals surface area contributed by atoms with Gasteiger partial charge in [0.2, 0.25) is 0 Å². The summed E-state index contributed by atoms with van der Waals surface area (Å²) >= 11 is 3.40. The van der Waals surface area contributed by atoms with Crippen LogP contribution in [0.25, 0.3) is 0 Å². The van der Waals surface area contributed by atoms with Crippen molar-refractivity contribution in [1.29, 1.82) is 0 Å². The van der Waals surface area contributed by atoms with Gasteiger partial charge in [0.05, 0.1) is 5.69 Å². The second-order valence-corrected chi connectivity index (χ2v) is 4.75. The van der Waals surface area contributed by atoms with Gasteiger partial charge in [-0.3, -0.25) is 0 Å². The molecule has 94 valence electrons. The van der Waals surface area contributed by atoms with Gasteiger partial charge in [0.1, 0.15) is 5.82 Å². The van der Waals surface area contributed by atoms with Crippen molar-refractivity contribution >= 4 is 21.7 Å². The number of rotatable bonds is 3. The largest absolute Gasteiger partial charge is 0.306 e. The van der Waals surface area contributed by atoms with E-state index in [0.29, 0.717) is 12.2 Å². The number of hydrogen-bond acceptors (Lipinski definition) is 4. The first-order valence-corrected chi connectivity index (χ1v) is 6.13. The molecule has 1 heterocycles. The quantitative estimate of drug-likeness (QED) is 0.675. The summed E-state index contributed by atoms with van der Waals surface area (Å²) in [4.78, 5) is 8.15. The molecule has 0 saturated heterocycles. The Morgan fingerprint density at radius 2 is 2.17 bits per heavy atom. The Morgan fingerprint density at radius 1 is 1.39 bits per heavy atom. The van der Waals surface area contributed by atoms with E-state index in [4.69, 9.17) is 5.84 Å². The van der Waals surface area contributed by atoms with Gasteiger partial charge in [-0.25, -0.2) is 20.2 Å². The van der Waals surface area contributed by atoms with Crippen molar-refractivity contribution in [2.24, 2.45) is 5.84 Å². The standard InChI is InChI=1S/C12H12BrFN4/c1-7-11(14)12(18-15)17-10(16-7)6-8-3-2-4-9(13)5-8/h2-5H,6,15H2,1H3,(H,16,17,18). The van der Waals surface area contributed by atoms with Crippen molar-refractivity contribution in [3.05, 3.63) is 51.6 Å². The van der Waals surface area contributed by atoms with Gasteiger partial charge in [-0.1, -0.05) is 28.1 Å². The summed E-state index contributed by atoms with van der Waals surface area (Å²) in [6.45, 7) is 1.59. The van der Waals surface area contributed by atoms with Gasteiger partial charge in [0, 0.05) is 10.9 Å². The molecule has 0 radical (unpaired) electrons. The topological polar surface area (TPSA) is 63.8 Å². The van der Waals surface area contributed by atoms with Gasteiger partial charge in [-0.2, -0.15) is 0 Å². The highest BCUT2D eigenvalue weighted by molar-refractivity contribution is 9.10. The van der Waals surface area contributed by atoms with Gasteiger partial charge in [0.15, 0.2) is 11.6 Å². The van der Waals surface area contributed by atoms with Crippen molar-refractivity contribution < 1.29 is 4.39 Å². The van der Waals surface area contributed by atoms with Crippen molar-refractivity contribution in [2.75, 3.05) is 5.43 Å². The first kappa shape index (κ1) is 12.9. The molecule has 0 unspecified atom stereocenters. The smallest absolute Gasteiger partial charge is 0.187 e. The number of nitrogens with one attached hydrogen (secondary N) is 1. The summed E-state index contributed by atoms with van der Waals surface area (Å²) in [7, 11) is 0. The zero-order valence-corrected chi connectivity index (χ0v) is 11.3. The lowest BCUT2D eigenvalue weighted by molar-refractivity contribution is 0.601. The summed E-state index contributed by atoms with van der Waals surface area (Å²) in [5, 5.41) is 0. The number of halogens is 2. The predicted octanol–water partition coefficient (Wildman–Crippen LogP) is 2.56. The van der Waals surface area contributed by atoms with Crippen molar-refractivity contribution in [3.8, 4) is 0 Å². The summed E-state index contributed by atoms with van der Waals surface area (Å²) in [6.07, 6.45) is 0.523. The first-order chi connectivity index (χ1) is 8.60. The zero-order valence-electron chi connectivity index (χ0n) is 9.74. The number of nitrogen functional groups attached to an aromatic ring is 1. The van der Waals surface area contributed by atoms with E-state index in [-0.39, 0.29) is 11.5 Å². The van der Waals surface area contributed by atoms with Gasteiger partial charge >= 0.3 is 0 Å². The van der Waals surface area contributed by atoms with Gasteiger partial charge in [0.25, 0.3) is 0 Å². The SMILES string of the molecule is Cc1nc(Cc2cccc(Br)c2)nc(NN)c1F. The molecule has 1 aromatic carbocycles. The molecule has 0 amide bonds. The monoisotopic (exact) mass is 310 g/mol. The number of hydrogen-bond donors (Lipinski definition) is 2. The molecule has 3 N–H and O–H groups in total. The van der Waals surface area contributed by atoms with E-state index >= 15 is 0 Å². The van der Waals surface area contributed by atoms with Crippen LogP contribution >= 0.6 is 15.9 Å². The van der Waals surface area contributed by atoms with E-state index in [1.54, 1.807) is 6.92 Å². The Bertz CT molecular complexity index is 574. The molecule has 2 aromatic rings. The van der Waals surface area contributed by atoms with Gasteiger partial charge in [-0.15, -0.1) is 0 Å². The number of aryl methyl sites for hydroxylation is 1. The summed E-state index contributed by atoms with van der Waals surface area (Å²) in [5.41, 5.74) is 3.56. The van der Waals surface area contributed by atoms with E-state index in [0.717, 1.165) is 10.0 Å². The molecule has 0 fully saturated rings. The van der Waals surface area contributed by atoms with Crippen molar-refractivity contribution in [3.63, 3.8) is 0 Å². The fraction of sp³-hybridized carbons (Fsp3) is 0.167. The molecule has 0 saturated carbocycles. The highest BCUT2D eigenvalue weighted by Crippen LogP contribution is 2.17. The lowest BCUT2D eigenvalue weighted by Crippen LogP contribution is -2.14. The minimum atomic E-state index is -0.518. The Labute approximate surface area is 113 Å². The average Bonchev–Trinajstić information content (AvgIpc) is 2.33. The minimum absolute atomic E-state index is 0.0208. The minimum Gasteiger partial charge on any atom is -0.306 e. The number of nitrogens with zero attached hydrogens (tertiary/aromatic N) is 2. The number of benzene rings is 1. The molecule has 18 heavy (non-hydrogen) atoms. The van der Waals surface area contributed by atoms with Crippen LogP contribution in [-0.2, 0) is 6.42 Å². The van der Waals surface area contributed by atoms with Crippen LogP contribution < -0.4 is 11.3 Å². The molecule has 0 spiro atoms. The molecular weight excluding hydrogens is 299 g/mol. The van der Waals surface area contributed by atoms with Crippen molar-refractivity contribution in [1.82, 2.24) is 9.97 Å². The lowest BCUT2D eigenvalue weighted by Gasteiger charge is -2.07. The molecule has 0 aliphatic heterocycles. The first-order valence-electron chi connectivity index (χ1n) is 5.34. The van der Waals surface area contributed by atoms with Crippen LogP contribution in [0.4, 0.5) is 10.2 Å². The maximum Gasteiger partial charge on any atom is 0.187 e. The Morgan fingerprint density at radius 3 is 2.83 bits per heavy atom. The van der Waals surface area contributed by atoms with Crippen LogP contribution in [-0.4, -0.2) is 9.97 Å². The molecule has 0 aliphatic rings. The Kier molecular flexibility index (Phi) is 3.88. The van der Waals surface area contributed by atoms with Crippen LogP contribution in [0, 0.1) is 12.7 Å². The predicted molar refractivity (Wildman–Crippen MR) is 71.5 cm³/mol. The summed E-state index contributed by atoms with van der Waals surface area (Å²) < 4.78 is 14.5. The molecule has 2 rings (SSSR count). The maximum absolute atomic E-state index is 13.5. The van der Waals surface area contributed by atoms with E-state index in [9.17, 15) is 4.39 Å². The molecule has 0 aliphatic carbocycles. The summed E-state index contributed by atoms with van der Waals surface area (Å²) in [5.74, 6) is 5.25. The lowest BCUT2D eigenvalue weighted by atomic mass is 10.1. The van der Waals surface area contributed by atoms with Crippen LogP contribution in [0.15, 0.2) is 28.7 Å².